The number of anilines is 1. The van der Waals surface area contributed by atoms with E-state index in [4.69, 9.17) is 9.15 Å². The van der Waals surface area contributed by atoms with Crippen molar-refractivity contribution < 1.29 is 18.7 Å². The van der Waals surface area contributed by atoms with Crippen molar-refractivity contribution in [3.63, 3.8) is 0 Å². The molecule has 1 amide bonds. The van der Waals surface area contributed by atoms with Crippen LogP contribution in [0.1, 0.15) is 26.5 Å². The van der Waals surface area contributed by atoms with E-state index in [9.17, 15) is 9.59 Å². The number of para-hydroxylation sites is 1. The summed E-state index contributed by atoms with van der Waals surface area (Å²) in [6, 6.07) is 17.7. The molecule has 5 nitrogen and oxygen atoms in total. The molecule has 1 N–H and O–H groups in total. The highest BCUT2D eigenvalue weighted by Crippen LogP contribution is 2.19. The van der Waals surface area contributed by atoms with Gasteiger partial charge in [0.25, 0.3) is 5.91 Å². The van der Waals surface area contributed by atoms with Crippen molar-refractivity contribution in [2.45, 2.75) is 11.5 Å². The van der Waals surface area contributed by atoms with Gasteiger partial charge in [0.2, 0.25) is 0 Å². The third kappa shape index (κ3) is 4.34. The lowest BCUT2D eigenvalue weighted by Gasteiger charge is -2.10. The fourth-order valence-electron chi connectivity index (χ4n) is 2.31. The van der Waals surface area contributed by atoms with Crippen LogP contribution in [0.5, 0.6) is 0 Å². The Morgan fingerprint density at radius 3 is 2.50 bits per heavy atom. The third-order valence-corrected chi connectivity index (χ3v) is 4.41. The molecule has 2 aromatic carbocycles. The lowest BCUT2D eigenvalue weighted by molar-refractivity contribution is 0.0474. The molecular weight excluding hydrogens is 350 g/mol. The predicted octanol–water partition coefficient (Wildman–Crippen LogP) is 4.61. The quantitative estimate of drug-likeness (QED) is 0.509. The SMILES string of the molecule is CSc1ccc(COC(=O)c2ccccc2NC(=O)c2ccco2)cc1. The molecule has 26 heavy (non-hydrogen) atoms. The molecule has 0 radical (unpaired) electrons. The van der Waals surface area contributed by atoms with Gasteiger partial charge >= 0.3 is 5.97 Å². The van der Waals surface area contributed by atoms with E-state index < -0.39 is 11.9 Å². The number of esters is 1. The molecule has 1 heterocycles. The smallest absolute Gasteiger partial charge is 0.340 e. The van der Waals surface area contributed by atoms with Crippen LogP contribution < -0.4 is 5.32 Å². The van der Waals surface area contributed by atoms with E-state index in [1.165, 1.54) is 6.26 Å². The molecule has 0 fully saturated rings. The number of nitrogens with one attached hydrogen (secondary N) is 1. The number of carbonyl (C=O) groups excluding carboxylic acids is 2. The van der Waals surface area contributed by atoms with Crippen LogP contribution in [-0.4, -0.2) is 18.1 Å². The first-order valence-electron chi connectivity index (χ1n) is 7.91. The van der Waals surface area contributed by atoms with Crippen molar-refractivity contribution >= 4 is 29.3 Å². The Kier molecular flexibility index (Phi) is 5.76. The Balaban J connectivity index is 1.68. The molecule has 0 aliphatic rings. The number of hydrogen-bond acceptors (Lipinski definition) is 5. The van der Waals surface area contributed by atoms with Crippen LogP contribution in [0.4, 0.5) is 5.69 Å². The topological polar surface area (TPSA) is 68.5 Å². The minimum Gasteiger partial charge on any atom is -0.459 e. The summed E-state index contributed by atoms with van der Waals surface area (Å²) in [6.45, 7) is 0.161. The number of thioether (sulfide) groups is 1. The fourth-order valence-corrected chi connectivity index (χ4v) is 2.72. The molecule has 0 aliphatic heterocycles. The lowest BCUT2D eigenvalue weighted by atomic mass is 10.1. The van der Waals surface area contributed by atoms with Gasteiger partial charge in [-0.05, 0) is 48.2 Å². The lowest BCUT2D eigenvalue weighted by Crippen LogP contribution is -2.15. The predicted molar refractivity (Wildman–Crippen MR) is 100 cm³/mol. The summed E-state index contributed by atoms with van der Waals surface area (Å²) >= 11 is 1.65. The first-order chi connectivity index (χ1) is 12.7. The van der Waals surface area contributed by atoms with Crippen molar-refractivity contribution in [1.82, 2.24) is 0 Å². The second-order valence-electron chi connectivity index (χ2n) is 5.40. The van der Waals surface area contributed by atoms with Gasteiger partial charge in [-0.3, -0.25) is 4.79 Å². The number of hydrogen-bond donors (Lipinski definition) is 1. The summed E-state index contributed by atoms with van der Waals surface area (Å²) in [5.74, 6) is -0.765. The van der Waals surface area contributed by atoms with E-state index in [1.54, 1.807) is 48.2 Å². The van der Waals surface area contributed by atoms with Crippen LogP contribution in [0.3, 0.4) is 0 Å². The molecular formula is C20H17NO4S. The van der Waals surface area contributed by atoms with Crippen molar-refractivity contribution in [3.05, 3.63) is 83.8 Å². The van der Waals surface area contributed by atoms with Crippen LogP contribution in [0.2, 0.25) is 0 Å². The summed E-state index contributed by atoms with van der Waals surface area (Å²) in [5.41, 5.74) is 1.55. The molecule has 132 valence electrons. The maximum atomic E-state index is 12.4. The van der Waals surface area contributed by atoms with Gasteiger partial charge in [0.05, 0.1) is 17.5 Å². The Morgan fingerprint density at radius 1 is 1.04 bits per heavy atom. The third-order valence-electron chi connectivity index (χ3n) is 3.67. The van der Waals surface area contributed by atoms with Crippen molar-refractivity contribution in [2.75, 3.05) is 11.6 Å². The highest BCUT2D eigenvalue weighted by Gasteiger charge is 2.16. The van der Waals surface area contributed by atoms with Crippen LogP contribution in [0.25, 0.3) is 0 Å². The average Bonchev–Trinajstić information content (AvgIpc) is 3.22. The zero-order chi connectivity index (χ0) is 18.4. The molecule has 0 spiro atoms. The number of carbonyl (C=O) groups is 2. The minimum absolute atomic E-state index is 0.161. The summed E-state index contributed by atoms with van der Waals surface area (Å²) in [5, 5.41) is 2.67. The number of rotatable bonds is 6. The largest absolute Gasteiger partial charge is 0.459 e. The number of ether oxygens (including phenoxy) is 1. The van der Waals surface area contributed by atoms with Crippen LogP contribution in [-0.2, 0) is 11.3 Å². The van der Waals surface area contributed by atoms with Gasteiger partial charge in [-0.15, -0.1) is 11.8 Å². The van der Waals surface area contributed by atoms with E-state index in [0.717, 1.165) is 10.5 Å². The highest BCUT2D eigenvalue weighted by molar-refractivity contribution is 7.98. The Hall–Kier alpha value is -2.99. The molecule has 0 saturated heterocycles. The average molecular weight is 367 g/mol. The second kappa shape index (κ2) is 8.40. The molecule has 0 unspecified atom stereocenters. The molecule has 0 aliphatic carbocycles. The second-order valence-corrected chi connectivity index (χ2v) is 6.28. The monoisotopic (exact) mass is 367 g/mol. The van der Waals surface area contributed by atoms with E-state index in [-0.39, 0.29) is 17.9 Å². The molecule has 6 heteroatoms. The zero-order valence-corrected chi connectivity index (χ0v) is 14.9. The van der Waals surface area contributed by atoms with Crippen molar-refractivity contribution in [3.8, 4) is 0 Å². The van der Waals surface area contributed by atoms with Crippen molar-refractivity contribution in [2.24, 2.45) is 0 Å². The molecule has 0 saturated carbocycles. The number of furan rings is 1. The van der Waals surface area contributed by atoms with Crippen LogP contribution >= 0.6 is 11.8 Å². The van der Waals surface area contributed by atoms with Crippen molar-refractivity contribution in [1.29, 1.82) is 0 Å². The van der Waals surface area contributed by atoms with E-state index in [2.05, 4.69) is 5.32 Å². The zero-order valence-electron chi connectivity index (χ0n) is 14.1. The van der Waals surface area contributed by atoms with Gasteiger partial charge < -0.3 is 14.5 Å². The van der Waals surface area contributed by atoms with E-state index in [1.807, 2.05) is 30.5 Å². The first kappa shape index (κ1) is 17.8. The Labute approximate surface area is 155 Å². The van der Waals surface area contributed by atoms with Gasteiger partial charge in [-0.25, -0.2) is 4.79 Å². The number of benzene rings is 2. The number of amides is 1. The summed E-state index contributed by atoms with van der Waals surface area (Å²) in [6.07, 6.45) is 3.42. The molecule has 1 aromatic heterocycles. The Morgan fingerprint density at radius 2 is 1.81 bits per heavy atom. The fraction of sp³-hybridized carbons (Fsp3) is 0.100. The van der Waals surface area contributed by atoms with Gasteiger partial charge in [0, 0.05) is 4.90 Å². The summed E-state index contributed by atoms with van der Waals surface area (Å²) in [7, 11) is 0. The van der Waals surface area contributed by atoms with Gasteiger partial charge in [0.1, 0.15) is 6.61 Å². The highest BCUT2D eigenvalue weighted by atomic mass is 32.2. The van der Waals surface area contributed by atoms with Gasteiger partial charge in [-0.1, -0.05) is 24.3 Å². The van der Waals surface area contributed by atoms with Gasteiger partial charge in [-0.2, -0.15) is 0 Å². The maximum absolute atomic E-state index is 12.4. The summed E-state index contributed by atoms with van der Waals surface area (Å²) in [4.78, 5) is 25.7. The molecule has 3 rings (SSSR count). The van der Waals surface area contributed by atoms with Gasteiger partial charge in [0.15, 0.2) is 5.76 Å². The van der Waals surface area contributed by atoms with Crippen LogP contribution in [0.15, 0.2) is 76.2 Å². The van der Waals surface area contributed by atoms with Crippen LogP contribution in [0, 0.1) is 0 Å². The molecule has 3 aromatic rings. The van der Waals surface area contributed by atoms with E-state index >= 15 is 0 Å². The normalized spacial score (nSPS) is 10.3. The Bertz CT molecular complexity index is 888. The minimum atomic E-state index is -0.505. The molecule has 0 bridgehead atoms. The standard InChI is InChI=1S/C20H17NO4S/c1-26-15-10-8-14(9-11-15)13-25-20(23)16-5-2-3-6-17(16)21-19(22)18-7-4-12-24-18/h2-12H,13H2,1H3,(H,21,22). The first-order valence-corrected chi connectivity index (χ1v) is 9.14. The maximum Gasteiger partial charge on any atom is 0.340 e. The van der Waals surface area contributed by atoms with E-state index in [0.29, 0.717) is 5.69 Å². The summed E-state index contributed by atoms with van der Waals surface area (Å²) < 4.78 is 10.4. The molecule has 0 atom stereocenters.